The zero-order valence-corrected chi connectivity index (χ0v) is 13.7. The number of amides is 1. The van der Waals surface area contributed by atoms with Crippen molar-refractivity contribution in [1.29, 1.82) is 0 Å². The molecule has 0 aliphatic heterocycles. The maximum absolute atomic E-state index is 12.0. The highest BCUT2D eigenvalue weighted by atomic mass is 16.5. The Labute approximate surface area is 137 Å². The number of benzene rings is 2. The first-order valence-corrected chi connectivity index (χ1v) is 7.83. The van der Waals surface area contributed by atoms with Crippen LogP contribution < -0.4 is 11.1 Å². The highest BCUT2D eigenvalue weighted by Crippen LogP contribution is 2.13. The number of nitrogens with one attached hydrogen (secondary N) is 1. The largest absolute Gasteiger partial charge is 0.372 e. The van der Waals surface area contributed by atoms with Gasteiger partial charge in [0.05, 0.1) is 19.1 Å². The molecule has 0 saturated carbocycles. The van der Waals surface area contributed by atoms with Crippen LogP contribution in [0.15, 0.2) is 54.6 Å². The summed E-state index contributed by atoms with van der Waals surface area (Å²) in [5.41, 5.74) is 8.74. The summed E-state index contributed by atoms with van der Waals surface area (Å²) >= 11 is 0. The monoisotopic (exact) mass is 312 g/mol. The fraction of sp³-hybridized carbons (Fsp3) is 0.316. The lowest BCUT2D eigenvalue weighted by Crippen LogP contribution is -2.34. The average molecular weight is 312 g/mol. The first kappa shape index (κ1) is 17.2. The summed E-state index contributed by atoms with van der Waals surface area (Å²) in [6.07, 6.45) is 0. The van der Waals surface area contributed by atoms with E-state index in [1.807, 2.05) is 68.4 Å². The fourth-order valence-electron chi connectivity index (χ4n) is 2.04. The van der Waals surface area contributed by atoms with Crippen LogP contribution >= 0.6 is 0 Å². The Morgan fingerprint density at radius 2 is 1.57 bits per heavy atom. The van der Waals surface area contributed by atoms with Crippen LogP contribution in [0.1, 0.15) is 25.0 Å². The van der Waals surface area contributed by atoms with Gasteiger partial charge in [0.2, 0.25) is 5.91 Å². The Bertz CT molecular complexity index is 609. The van der Waals surface area contributed by atoms with Gasteiger partial charge in [-0.1, -0.05) is 49.4 Å². The molecule has 0 radical (unpaired) electrons. The molecule has 0 bridgehead atoms. The molecule has 4 nitrogen and oxygen atoms in total. The molecule has 0 spiro atoms. The van der Waals surface area contributed by atoms with Crippen molar-refractivity contribution in [2.24, 2.45) is 11.7 Å². The number of rotatable bonds is 7. The number of carbonyl (C=O) groups is 1. The summed E-state index contributed by atoms with van der Waals surface area (Å²) in [6, 6.07) is 17.6. The summed E-state index contributed by atoms with van der Waals surface area (Å²) in [5.74, 6) is -0.281. The lowest BCUT2D eigenvalue weighted by Gasteiger charge is -2.15. The summed E-state index contributed by atoms with van der Waals surface area (Å²) in [4.78, 5) is 12.0. The predicted molar refractivity (Wildman–Crippen MR) is 92.8 cm³/mol. The second-order valence-electron chi connectivity index (χ2n) is 5.81. The lowest BCUT2D eigenvalue weighted by atomic mass is 10.0. The first-order chi connectivity index (χ1) is 11.1. The van der Waals surface area contributed by atoms with Crippen LogP contribution in [0.3, 0.4) is 0 Å². The van der Waals surface area contributed by atoms with Crippen molar-refractivity contribution in [2.45, 2.75) is 33.1 Å². The van der Waals surface area contributed by atoms with Crippen molar-refractivity contribution in [2.75, 3.05) is 5.32 Å². The van der Waals surface area contributed by atoms with Gasteiger partial charge in [0.1, 0.15) is 0 Å². The van der Waals surface area contributed by atoms with Crippen LogP contribution in [0.2, 0.25) is 0 Å². The second kappa shape index (κ2) is 8.46. The van der Waals surface area contributed by atoms with Gasteiger partial charge in [0, 0.05) is 11.7 Å². The highest BCUT2D eigenvalue weighted by molar-refractivity contribution is 5.92. The SMILES string of the molecule is CC(N)C(C)C(=O)Nc1ccc(COCc2ccccc2)cc1. The Hall–Kier alpha value is -2.17. The van der Waals surface area contributed by atoms with Crippen molar-refractivity contribution >= 4 is 11.6 Å². The summed E-state index contributed by atoms with van der Waals surface area (Å²) in [5, 5.41) is 2.87. The van der Waals surface area contributed by atoms with E-state index in [1.54, 1.807) is 0 Å². The number of nitrogens with two attached hydrogens (primary N) is 1. The molecule has 4 heteroatoms. The quantitative estimate of drug-likeness (QED) is 0.824. The lowest BCUT2D eigenvalue weighted by molar-refractivity contribution is -0.119. The van der Waals surface area contributed by atoms with E-state index in [4.69, 9.17) is 10.5 Å². The van der Waals surface area contributed by atoms with Crippen LogP contribution in [-0.2, 0) is 22.7 Å². The molecule has 0 heterocycles. The molecular weight excluding hydrogens is 288 g/mol. The minimum Gasteiger partial charge on any atom is -0.372 e. The Balaban J connectivity index is 1.81. The predicted octanol–water partition coefficient (Wildman–Crippen LogP) is 3.33. The first-order valence-electron chi connectivity index (χ1n) is 7.83. The molecule has 0 aliphatic carbocycles. The van der Waals surface area contributed by atoms with Gasteiger partial charge in [0.15, 0.2) is 0 Å². The number of hydrogen-bond acceptors (Lipinski definition) is 3. The van der Waals surface area contributed by atoms with Crippen molar-refractivity contribution < 1.29 is 9.53 Å². The summed E-state index contributed by atoms with van der Waals surface area (Å²) in [6.45, 7) is 4.79. The van der Waals surface area contributed by atoms with Crippen LogP contribution in [0.5, 0.6) is 0 Å². The Morgan fingerprint density at radius 1 is 1.00 bits per heavy atom. The van der Waals surface area contributed by atoms with Crippen LogP contribution in [-0.4, -0.2) is 11.9 Å². The number of anilines is 1. The van der Waals surface area contributed by atoms with E-state index in [0.29, 0.717) is 13.2 Å². The molecule has 0 fully saturated rings. The molecule has 1 amide bonds. The van der Waals surface area contributed by atoms with Gasteiger partial charge in [-0.25, -0.2) is 0 Å². The zero-order valence-electron chi connectivity index (χ0n) is 13.7. The van der Waals surface area contributed by atoms with Gasteiger partial charge in [-0.2, -0.15) is 0 Å². The highest BCUT2D eigenvalue weighted by Gasteiger charge is 2.16. The standard InChI is InChI=1S/C19H24N2O2/c1-14(15(2)20)19(22)21-18-10-8-17(9-11-18)13-23-12-16-6-4-3-5-7-16/h3-11,14-15H,12-13,20H2,1-2H3,(H,21,22). The molecule has 0 saturated heterocycles. The van der Waals surface area contributed by atoms with Crippen molar-refractivity contribution in [3.05, 3.63) is 65.7 Å². The molecule has 23 heavy (non-hydrogen) atoms. The van der Waals surface area contributed by atoms with Gasteiger partial charge in [-0.05, 0) is 30.2 Å². The summed E-state index contributed by atoms with van der Waals surface area (Å²) < 4.78 is 5.69. The van der Waals surface area contributed by atoms with Crippen molar-refractivity contribution in [3.63, 3.8) is 0 Å². The van der Waals surface area contributed by atoms with Crippen LogP contribution in [0, 0.1) is 5.92 Å². The molecule has 2 aromatic carbocycles. The number of ether oxygens (including phenoxy) is 1. The average Bonchev–Trinajstić information content (AvgIpc) is 2.56. The van der Waals surface area contributed by atoms with E-state index in [1.165, 1.54) is 0 Å². The van der Waals surface area contributed by atoms with E-state index in [0.717, 1.165) is 16.8 Å². The topological polar surface area (TPSA) is 64.4 Å². The van der Waals surface area contributed by atoms with Gasteiger partial charge < -0.3 is 15.8 Å². The molecule has 0 aromatic heterocycles. The molecule has 2 unspecified atom stereocenters. The minimum absolute atomic E-state index is 0.0620. The van der Waals surface area contributed by atoms with E-state index >= 15 is 0 Å². The Kier molecular flexibility index (Phi) is 6.32. The fourth-order valence-corrected chi connectivity index (χ4v) is 2.04. The van der Waals surface area contributed by atoms with Crippen LogP contribution in [0.4, 0.5) is 5.69 Å². The third kappa shape index (κ3) is 5.51. The van der Waals surface area contributed by atoms with Gasteiger partial charge in [0.25, 0.3) is 0 Å². The summed E-state index contributed by atoms with van der Waals surface area (Å²) in [7, 11) is 0. The molecule has 122 valence electrons. The van der Waals surface area contributed by atoms with Gasteiger partial charge in [-0.3, -0.25) is 4.79 Å². The zero-order chi connectivity index (χ0) is 16.7. The molecular formula is C19H24N2O2. The normalized spacial score (nSPS) is 13.3. The van der Waals surface area contributed by atoms with E-state index in [-0.39, 0.29) is 17.9 Å². The molecule has 0 aliphatic rings. The molecule has 2 atom stereocenters. The van der Waals surface area contributed by atoms with Crippen LogP contribution in [0.25, 0.3) is 0 Å². The van der Waals surface area contributed by atoms with Gasteiger partial charge >= 0.3 is 0 Å². The number of hydrogen-bond donors (Lipinski definition) is 2. The maximum Gasteiger partial charge on any atom is 0.228 e. The molecule has 3 N–H and O–H groups in total. The number of carbonyl (C=O) groups excluding carboxylic acids is 1. The smallest absolute Gasteiger partial charge is 0.228 e. The van der Waals surface area contributed by atoms with Crippen molar-refractivity contribution in [1.82, 2.24) is 0 Å². The third-order valence-electron chi connectivity index (χ3n) is 3.80. The third-order valence-corrected chi connectivity index (χ3v) is 3.80. The van der Waals surface area contributed by atoms with E-state index in [2.05, 4.69) is 5.32 Å². The van der Waals surface area contributed by atoms with Gasteiger partial charge in [-0.15, -0.1) is 0 Å². The molecule has 2 aromatic rings. The molecule has 2 rings (SSSR count). The second-order valence-corrected chi connectivity index (χ2v) is 5.81. The van der Waals surface area contributed by atoms with Crippen molar-refractivity contribution in [3.8, 4) is 0 Å². The minimum atomic E-state index is -0.219. The van der Waals surface area contributed by atoms with E-state index in [9.17, 15) is 4.79 Å². The van der Waals surface area contributed by atoms with E-state index < -0.39 is 0 Å². The Morgan fingerprint density at radius 3 is 2.13 bits per heavy atom. The maximum atomic E-state index is 12.0.